The Balaban J connectivity index is 2.58. The summed E-state index contributed by atoms with van der Waals surface area (Å²) in [6, 6.07) is 3.14. The van der Waals surface area contributed by atoms with Gasteiger partial charge in [0.1, 0.15) is 11.4 Å². The van der Waals surface area contributed by atoms with Crippen LogP contribution in [0, 0.1) is 0 Å². The van der Waals surface area contributed by atoms with Crippen LogP contribution < -0.4 is 0 Å². The lowest BCUT2D eigenvalue weighted by molar-refractivity contribution is 0.564. The minimum absolute atomic E-state index is 0.234. The molecule has 0 aliphatic heterocycles. The molecule has 15 heavy (non-hydrogen) atoms. The number of pyridine rings is 1. The second kappa shape index (κ2) is 4.24. The van der Waals surface area contributed by atoms with Gasteiger partial charge in [0, 0.05) is 18.6 Å². The molecule has 0 aromatic carbocycles. The molecular formula is C9H7N3O2S. The molecule has 1 N–H and O–H groups in total. The molecule has 0 spiro atoms. The van der Waals surface area contributed by atoms with E-state index in [2.05, 4.69) is 15.0 Å². The van der Waals surface area contributed by atoms with E-state index < -0.39 is 11.1 Å². The third-order valence-corrected chi connectivity index (χ3v) is 2.47. The van der Waals surface area contributed by atoms with Crippen LogP contribution in [-0.4, -0.2) is 23.7 Å². The molecule has 1 atom stereocenters. The average Bonchev–Trinajstić information content (AvgIpc) is 2.30. The van der Waals surface area contributed by atoms with Crippen LogP contribution in [0.5, 0.6) is 0 Å². The summed E-state index contributed by atoms with van der Waals surface area (Å²) in [7, 11) is 0. The molecule has 2 heterocycles. The first-order valence-electron chi connectivity index (χ1n) is 4.11. The fourth-order valence-electron chi connectivity index (χ4n) is 1.15. The minimum Gasteiger partial charge on any atom is -0.302 e. The number of hydrogen-bond donors (Lipinski definition) is 1. The molecular weight excluding hydrogens is 214 g/mol. The third kappa shape index (κ3) is 2.05. The van der Waals surface area contributed by atoms with Gasteiger partial charge in [0.25, 0.3) is 0 Å². The highest BCUT2D eigenvalue weighted by atomic mass is 32.2. The summed E-state index contributed by atoms with van der Waals surface area (Å²) >= 11 is -2.07. The Morgan fingerprint density at radius 2 is 2.07 bits per heavy atom. The summed E-state index contributed by atoms with van der Waals surface area (Å²) in [5.74, 6) is 0. The van der Waals surface area contributed by atoms with E-state index >= 15 is 0 Å². The number of hydrogen-bond acceptors (Lipinski definition) is 4. The topological polar surface area (TPSA) is 76.0 Å². The van der Waals surface area contributed by atoms with E-state index in [1.54, 1.807) is 12.3 Å². The van der Waals surface area contributed by atoms with Gasteiger partial charge in [0.05, 0.1) is 11.1 Å². The monoisotopic (exact) mass is 221 g/mol. The van der Waals surface area contributed by atoms with Crippen molar-refractivity contribution in [1.29, 1.82) is 0 Å². The van der Waals surface area contributed by atoms with E-state index in [9.17, 15) is 4.21 Å². The Morgan fingerprint density at radius 1 is 1.20 bits per heavy atom. The van der Waals surface area contributed by atoms with E-state index in [1.807, 2.05) is 0 Å². The minimum atomic E-state index is -2.07. The first-order chi connectivity index (χ1) is 7.29. The van der Waals surface area contributed by atoms with Crippen molar-refractivity contribution in [3.05, 3.63) is 36.9 Å². The van der Waals surface area contributed by atoms with Crippen molar-refractivity contribution >= 4 is 11.1 Å². The fraction of sp³-hybridized carbons (Fsp3) is 0. The molecule has 0 saturated heterocycles. The van der Waals surface area contributed by atoms with Crippen LogP contribution in [0.1, 0.15) is 0 Å². The van der Waals surface area contributed by atoms with Gasteiger partial charge < -0.3 is 4.55 Å². The SMILES string of the molecule is O=S(O)c1cccnc1-c1cnccn1. The molecule has 0 saturated carbocycles. The zero-order valence-corrected chi connectivity index (χ0v) is 8.39. The number of rotatable bonds is 2. The first-order valence-corrected chi connectivity index (χ1v) is 5.22. The number of aromatic nitrogens is 3. The third-order valence-electron chi connectivity index (χ3n) is 1.76. The van der Waals surface area contributed by atoms with E-state index in [0.717, 1.165) is 0 Å². The molecule has 5 nitrogen and oxygen atoms in total. The molecule has 1 unspecified atom stereocenters. The quantitative estimate of drug-likeness (QED) is 0.769. The summed E-state index contributed by atoms with van der Waals surface area (Å²) in [4.78, 5) is 12.1. The second-order valence-corrected chi connectivity index (χ2v) is 3.63. The lowest BCUT2D eigenvalue weighted by Gasteiger charge is -2.02. The van der Waals surface area contributed by atoms with Crippen LogP contribution in [-0.2, 0) is 11.1 Å². The van der Waals surface area contributed by atoms with Crippen molar-refractivity contribution in [2.24, 2.45) is 0 Å². The van der Waals surface area contributed by atoms with Crippen LogP contribution in [0.15, 0.2) is 41.8 Å². The lowest BCUT2D eigenvalue weighted by Crippen LogP contribution is -1.96. The Labute approximate surface area is 88.5 Å². The van der Waals surface area contributed by atoms with Crippen molar-refractivity contribution in [2.75, 3.05) is 0 Å². The maximum absolute atomic E-state index is 11.0. The molecule has 2 aromatic heterocycles. The largest absolute Gasteiger partial charge is 0.302 e. The van der Waals surface area contributed by atoms with E-state index in [4.69, 9.17) is 4.55 Å². The Hall–Kier alpha value is -1.66. The predicted molar refractivity (Wildman–Crippen MR) is 54.3 cm³/mol. The summed E-state index contributed by atoms with van der Waals surface area (Å²) in [6.07, 6.45) is 6.08. The van der Waals surface area contributed by atoms with Crippen molar-refractivity contribution in [3.63, 3.8) is 0 Å². The van der Waals surface area contributed by atoms with Crippen LogP contribution in [0.4, 0.5) is 0 Å². The zero-order chi connectivity index (χ0) is 10.7. The predicted octanol–water partition coefficient (Wildman–Crippen LogP) is 1.12. The van der Waals surface area contributed by atoms with Gasteiger partial charge >= 0.3 is 0 Å². The zero-order valence-electron chi connectivity index (χ0n) is 7.57. The number of nitrogens with zero attached hydrogens (tertiary/aromatic N) is 3. The molecule has 0 bridgehead atoms. The molecule has 2 rings (SSSR count). The highest BCUT2D eigenvalue weighted by Gasteiger charge is 2.11. The summed E-state index contributed by atoms with van der Waals surface area (Å²) < 4.78 is 20.1. The van der Waals surface area contributed by atoms with Crippen LogP contribution in [0.2, 0.25) is 0 Å². The second-order valence-electron chi connectivity index (χ2n) is 2.69. The molecule has 0 amide bonds. The van der Waals surface area contributed by atoms with Crippen LogP contribution in [0.3, 0.4) is 0 Å². The maximum atomic E-state index is 11.0. The summed E-state index contributed by atoms with van der Waals surface area (Å²) in [5.41, 5.74) is 0.863. The summed E-state index contributed by atoms with van der Waals surface area (Å²) in [6.45, 7) is 0. The molecule has 0 aliphatic rings. The Kier molecular flexibility index (Phi) is 2.79. The van der Waals surface area contributed by atoms with Crippen LogP contribution >= 0.6 is 0 Å². The smallest absolute Gasteiger partial charge is 0.188 e. The van der Waals surface area contributed by atoms with Crippen molar-refractivity contribution < 1.29 is 8.76 Å². The molecule has 0 radical (unpaired) electrons. The lowest BCUT2D eigenvalue weighted by atomic mass is 10.3. The highest BCUT2D eigenvalue weighted by Crippen LogP contribution is 2.19. The van der Waals surface area contributed by atoms with Gasteiger partial charge in [-0.1, -0.05) is 0 Å². The average molecular weight is 221 g/mol. The standard InChI is InChI=1S/C9H7N3O2S/c13-15(14)8-2-1-3-12-9(8)7-6-10-4-5-11-7/h1-6H,(H,13,14). The van der Waals surface area contributed by atoms with Gasteiger partial charge in [-0.15, -0.1) is 0 Å². The van der Waals surface area contributed by atoms with Gasteiger partial charge in [-0.3, -0.25) is 15.0 Å². The Bertz CT molecular complexity index is 490. The van der Waals surface area contributed by atoms with Crippen LogP contribution in [0.25, 0.3) is 11.4 Å². The molecule has 6 heteroatoms. The van der Waals surface area contributed by atoms with E-state index in [-0.39, 0.29) is 4.90 Å². The van der Waals surface area contributed by atoms with E-state index in [1.165, 1.54) is 24.7 Å². The molecule has 2 aromatic rings. The van der Waals surface area contributed by atoms with Gasteiger partial charge in [-0.05, 0) is 12.1 Å². The fourth-order valence-corrected chi connectivity index (χ4v) is 1.66. The Morgan fingerprint density at radius 3 is 2.73 bits per heavy atom. The van der Waals surface area contributed by atoms with Gasteiger partial charge in [0.2, 0.25) is 0 Å². The van der Waals surface area contributed by atoms with Gasteiger partial charge in [-0.25, -0.2) is 4.21 Å². The van der Waals surface area contributed by atoms with Crippen molar-refractivity contribution in [3.8, 4) is 11.4 Å². The van der Waals surface area contributed by atoms with E-state index in [0.29, 0.717) is 11.4 Å². The maximum Gasteiger partial charge on any atom is 0.188 e. The highest BCUT2D eigenvalue weighted by molar-refractivity contribution is 7.79. The molecule has 0 aliphatic carbocycles. The first kappa shape index (κ1) is 9.88. The normalized spacial score (nSPS) is 12.3. The molecule has 0 fully saturated rings. The van der Waals surface area contributed by atoms with Crippen molar-refractivity contribution in [1.82, 2.24) is 15.0 Å². The van der Waals surface area contributed by atoms with Crippen molar-refractivity contribution in [2.45, 2.75) is 4.90 Å². The summed E-state index contributed by atoms with van der Waals surface area (Å²) in [5, 5.41) is 0. The van der Waals surface area contributed by atoms with Gasteiger partial charge in [0.15, 0.2) is 11.1 Å². The van der Waals surface area contributed by atoms with Gasteiger partial charge in [-0.2, -0.15) is 0 Å². The molecule has 76 valence electrons.